The first-order valence-electron chi connectivity index (χ1n) is 6.50. The first kappa shape index (κ1) is 10.1. The van der Waals surface area contributed by atoms with Crippen LogP contribution in [0.5, 0.6) is 0 Å². The van der Waals surface area contributed by atoms with Crippen LogP contribution in [0.1, 0.15) is 59.3 Å². The fourth-order valence-corrected chi connectivity index (χ4v) is 6.77. The van der Waals surface area contributed by atoms with Crippen LogP contribution in [0.15, 0.2) is 0 Å². The highest BCUT2D eigenvalue weighted by atomic mass is 14.7. The average Bonchev–Trinajstić information content (AvgIpc) is 1.94. The van der Waals surface area contributed by atoms with Crippen LogP contribution in [-0.2, 0) is 0 Å². The van der Waals surface area contributed by atoms with Gasteiger partial charge < -0.3 is 5.73 Å². The third-order valence-corrected chi connectivity index (χ3v) is 5.40. The normalized spacial score (nSPS) is 62.4. The number of rotatable bonds is 1. The molecule has 4 aliphatic rings. The van der Waals surface area contributed by atoms with Crippen molar-refractivity contribution in [1.82, 2.24) is 0 Å². The second kappa shape index (κ2) is 2.45. The summed E-state index contributed by atoms with van der Waals surface area (Å²) in [4.78, 5) is 0. The Bertz CT molecular complexity index is 253. The lowest BCUT2D eigenvalue weighted by atomic mass is 9.36. The van der Waals surface area contributed by atoms with Crippen molar-refractivity contribution in [3.63, 3.8) is 0 Å². The van der Waals surface area contributed by atoms with Crippen LogP contribution in [0.25, 0.3) is 0 Å². The smallest absolute Gasteiger partial charge is 0.00199 e. The van der Waals surface area contributed by atoms with E-state index in [0.717, 1.165) is 6.54 Å². The summed E-state index contributed by atoms with van der Waals surface area (Å²) in [6, 6.07) is 0. The molecule has 4 saturated carbocycles. The van der Waals surface area contributed by atoms with Crippen LogP contribution < -0.4 is 5.73 Å². The maximum atomic E-state index is 6.10. The van der Waals surface area contributed by atoms with E-state index in [2.05, 4.69) is 20.8 Å². The molecule has 0 aromatic rings. The highest BCUT2D eigenvalue weighted by Gasteiger charge is 2.63. The van der Waals surface area contributed by atoms with E-state index in [1.54, 1.807) is 0 Å². The number of hydrogen-bond acceptors (Lipinski definition) is 1. The van der Waals surface area contributed by atoms with Crippen molar-refractivity contribution in [2.45, 2.75) is 59.3 Å². The predicted molar refractivity (Wildman–Crippen MR) is 63.5 cm³/mol. The molecule has 0 amide bonds. The van der Waals surface area contributed by atoms with Gasteiger partial charge in [-0.3, -0.25) is 0 Å². The fraction of sp³-hybridized carbons (Fsp3) is 1.00. The topological polar surface area (TPSA) is 26.0 Å². The molecule has 0 spiro atoms. The molecule has 0 unspecified atom stereocenters. The van der Waals surface area contributed by atoms with Crippen LogP contribution in [0.4, 0.5) is 0 Å². The zero-order valence-electron chi connectivity index (χ0n) is 10.5. The molecule has 4 bridgehead atoms. The monoisotopic (exact) mass is 207 g/mol. The van der Waals surface area contributed by atoms with Gasteiger partial charge in [-0.1, -0.05) is 20.8 Å². The van der Waals surface area contributed by atoms with Crippen molar-refractivity contribution in [2.24, 2.45) is 27.4 Å². The summed E-state index contributed by atoms with van der Waals surface area (Å²) in [5, 5.41) is 0. The Morgan fingerprint density at radius 3 is 1.33 bits per heavy atom. The van der Waals surface area contributed by atoms with E-state index in [1.807, 2.05) is 0 Å². The summed E-state index contributed by atoms with van der Waals surface area (Å²) in [7, 11) is 0. The Morgan fingerprint density at radius 1 is 0.733 bits per heavy atom. The number of nitrogens with two attached hydrogens (primary N) is 1. The van der Waals surface area contributed by atoms with Gasteiger partial charge in [-0.25, -0.2) is 0 Å². The highest BCUT2D eigenvalue weighted by Crippen LogP contribution is 2.73. The first-order chi connectivity index (χ1) is 6.80. The largest absolute Gasteiger partial charge is 0.330 e. The molecule has 0 saturated heterocycles. The molecule has 0 aliphatic heterocycles. The highest BCUT2D eigenvalue weighted by molar-refractivity contribution is 5.14. The third kappa shape index (κ3) is 1.32. The molecular weight excluding hydrogens is 182 g/mol. The lowest BCUT2D eigenvalue weighted by molar-refractivity contribution is -0.179. The van der Waals surface area contributed by atoms with E-state index in [0.29, 0.717) is 21.7 Å². The van der Waals surface area contributed by atoms with Crippen LogP contribution >= 0.6 is 0 Å². The maximum Gasteiger partial charge on any atom is -0.00199 e. The fourth-order valence-electron chi connectivity index (χ4n) is 6.77. The maximum absolute atomic E-state index is 6.10. The van der Waals surface area contributed by atoms with Crippen LogP contribution in [0, 0.1) is 21.7 Å². The summed E-state index contributed by atoms with van der Waals surface area (Å²) in [6.07, 6.45) is 8.58. The summed E-state index contributed by atoms with van der Waals surface area (Å²) in [6.45, 7) is 8.48. The van der Waals surface area contributed by atoms with Crippen molar-refractivity contribution < 1.29 is 0 Å². The summed E-state index contributed by atoms with van der Waals surface area (Å²) in [5.41, 5.74) is 8.44. The zero-order valence-corrected chi connectivity index (χ0v) is 10.5. The Morgan fingerprint density at radius 2 is 1.07 bits per heavy atom. The van der Waals surface area contributed by atoms with E-state index in [4.69, 9.17) is 5.73 Å². The van der Waals surface area contributed by atoms with Crippen LogP contribution in [0.2, 0.25) is 0 Å². The zero-order chi connectivity index (χ0) is 10.9. The molecule has 1 nitrogen and oxygen atoms in total. The predicted octanol–water partition coefficient (Wildman–Crippen LogP) is 3.33. The molecule has 0 radical (unpaired) electrons. The average molecular weight is 207 g/mol. The minimum Gasteiger partial charge on any atom is -0.330 e. The van der Waals surface area contributed by atoms with E-state index >= 15 is 0 Å². The van der Waals surface area contributed by atoms with E-state index in [1.165, 1.54) is 38.5 Å². The van der Waals surface area contributed by atoms with Crippen LogP contribution in [-0.4, -0.2) is 6.54 Å². The van der Waals surface area contributed by atoms with E-state index in [9.17, 15) is 0 Å². The van der Waals surface area contributed by atoms with Gasteiger partial charge in [0.05, 0.1) is 0 Å². The van der Waals surface area contributed by atoms with Crippen molar-refractivity contribution in [3.8, 4) is 0 Å². The van der Waals surface area contributed by atoms with Gasteiger partial charge in [0.1, 0.15) is 0 Å². The quantitative estimate of drug-likeness (QED) is 0.701. The Kier molecular flexibility index (Phi) is 1.65. The van der Waals surface area contributed by atoms with Gasteiger partial charge in [0.25, 0.3) is 0 Å². The molecule has 86 valence electrons. The van der Waals surface area contributed by atoms with Crippen molar-refractivity contribution in [3.05, 3.63) is 0 Å². The Balaban J connectivity index is 2.06. The minimum atomic E-state index is 0.507. The molecule has 0 aromatic carbocycles. The van der Waals surface area contributed by atoms with Crippen molar-refractivity contribution >= 4 is 0 Å². The van der Waals surface area contributed by atoms with Gasteiger partial charge in [0.2, 0.25) is 0 Å². The van der Waals surface area contributed by atoms with Gasteiger partial charge in [-0.2, -0.15) is 0 Å². The lowest BCUT2D eigenvalue weighted by Gasteiger charge is -2.69. The molecule has 0 atom stereocenters. The molecule has 4 rings (SSSR count). The summed E-state index contributed by atoms with van der Waals surface area (Å²) in [5.74, 6) is 0. The Hall–Kier alpha value is -0.0400. The lowest BCUT2D eigenvalue weighted by Crippen LogP contribution is -2.60. The van der Waals surface area contributed by atoms with Gasteiger partial charge in [-0.15, -0.1) is 0 Å². The number of hydrogen-bond donors (Lipinski definition) is 1. The van der Waals surface area contributed by atoms with Gasteiger partial charge in [-0.05, 0) is 66.7 Å². The molecule has 15 heavy (non-hydrogen) atoms. The Labute approximate surface area is 93.8 Å². The molecule has 4 fully saturated rings. The molecule has 0 aromatic heterocycles. The SMILES string of the molecule is CC12CC3(C)CC(C)(C1)CC(CN)(C2)C3. The molecule has 0 heterocycles. The van der Waals surface area contributed by atoms with E-state index in [-0.39, 0.29) is 0 Å². The molecule has 2 N–H and O–H groups in total. The molecular formula is C14H25N. The van der Waals surface area contributed by atoms with Gasteiger partial charge >= 0.3 is 0 Å². The van der Waals surface area contributed by atoms with Crippen molar-refractivity contribution in [2.75, 3.05) is 6.54 Å². The molecule has 4 aliphatic carbocycles. The first-order valence-corrected chi connectivity index (χ1v) is 6.50. The summed E-state index contributed by atoms with van der Waals surface area (Å²) < 4.78 is 0. The van der Waals surface area contributed by atoms with Gasteiger partial charge in [0, 0.05) is 0 Å². The van der Waals surface area contributed by atoms with Crippen molar-refractivity contribution in [1.29, 1.82) is 0 Å². The second-order valence-electron chi connectivity index (χ2n) is 8.20. The standard InChI is InChI=1S/C14H25N/c1-11-4-12(2)6-13(3,5-11)9-14(7-11,8-12)10-15/h4-10,15H2,1-3H3. The molecule has 1 heteroatoms. The van der Waals surface area contributed by atoms with E-state index < -0.39 is 0 Å². The second-order valence-corrected chi connectivity index (χ2v) is 8.20. The van der Waals surface area contributed by atoms with Crippen LogP contribution in [0.3, 0.4) is 0 Å². The minimum absolute atomic E-state index is 0.507. The third-order valence-electron chi connectivity index (χ3n) is 5.40. The summed E-state index contributed by atoms with van der Waals surface area (Å²) >= 11 is 0. The van der Waals surface area contributed by atoms with Gasteiger partial charge in [0.15, 0.2) is 0 Å².